The SMILES string of the molecule is Cc1cnc2c(c1)nc(C(C)Cl)n2C1(C)CCOC1. The summed E-state index contributed by atoms with van der Waals surface area (Å²) in [5.41, 5.74) is 2.82. The van der Waals surface area contributed by atoms with Crippen LogP contribution in [0.5, 0.6) is 0 Å². The molecule has 0 bridgehead atoms. The van der Waals surface area contributed by atoms with Crippen LogP contribution in [0.4, 0.5) is 0 Å². The van der Waals surface area contributed by atoms with Gasteiger partial charge in [0, 0.05) is 12.8 Å². The van der Waals surface area contributed by atoms with Crippen LogP contribution in [0.15, 0.2) is 12.3 Å². The number of pyridine rings is 1. The fraction of sp³-hybridized carbons (Fsp3) is 0.571. The maximum atomic E-state index is 6.31. The second-order valence-electron chi connectivity index (χ2n) is 5.58. The minimum absolute atomic E-state index is 0.102. The first-order valence-corrected chi connectivity index (χ1v) is 7.02. The zero-order chi connectivity index (χ0) is 13.6. The number of aromatic nitrogens is 3. The standard InChI is InChI=1S/C14H18ClN3O/c1-9-6-11-13(16-7-9)18(12(17-11)10(2)15)14(3)4-5-19-8-14/h6-7,10H,4-5,8H2,1-3H3. The minimum Gasteiger partial charge on any atom is -0.379 e. The van der Waals surface area contributed by atoms with Crippen molar-refractivity contribution in [3.8, 4) is 0 Å². The average molecular weight is 280 g/mol. The van der Waals surface area contributed by atoms with E-state index in [-0.39, 0.29) is 10.9 Å². The summed E-state index contributed by atoms with van der Waals surface area (Å²) in [4.78, 5) is 9.24. The highest BCUT2D eigenvalue weighted by Gasteiger charge is 2.36. The summed E-state index contributed by atoms with van der Waals surface area (Å²) >= 11 is 6.31. The molecule has 0 saturated carbocycles. The highest BCUT2D eigenvalue weighted by atomic mass is 35.5. The third kappa shape index (κ3) is 2.03. The van der Waals surface area contributed by atoms with Crippen molar-refractivity contribution in [1.82, 2.24) is 14.5 Å². The lowest BCUT2D eigenvalue weighted by Crippen LogP contribution is -2.32. The van der Waals surface area contributed by atoms with E-state index in [9.17, 15) is 0 Å². The van der Waals surface area contributed by atoms with E-state index in [4.69, 9.17) is 16.3 Å². The Morgan fingerprint density at radius 1 is 1.53 bits per heavy atom. The lowest BCUT2D eigenvalue weighted by Gasteiger charge is -2.27. The van der Waals surface area contributed by atoms with Gasteiger partial charge in [0.1, 0.15) is 11.3 Å². The first-order valence-electron chi connectivity index (χ1n) is 6.58. The van der Waals surface area contributed by atoms with Crippen LogP contribution < -0.4 is 0 Å². The average Bonchev–Trinajstić information content (AvgIpc) is 2.93. The van der Waals surface area contributed by atoms with Crippen molar-refractivity contribution in [3.05, 3.63) is 23.7 Å². The van der Waals surface area contributed by atoms with Crippen molar-refractivity contribution in [2.75, 3.05) is 13.2 Å². The molecule has 0 radical (unpaired) electrons. The van der Waals surface area contributed by atoms with Gasteiger partial charge in [-0.05, 0) is 38.8 Å². The van der Waals surface area contributed by atoms with Crippen molar-refractivity contribution in [2.45, 2.75) is 38.1 Å². The monoisotopic (exact) mass is 279 g/mol. The zero-order valence-corrected chi connectivity index (χ0v) is 12.2. The fourth-order valence-electron chi connectivity index (χ4n) is 2.71. The second-order valence-corrected chi connectivity index (χ2v) is 6.23. The van der Waals surface area contributed by atoms with Crippen molar-refractivity contribution >= 4 is 22.8 Å². The molecular weight excluding hydrogens is 262 g/mol. The maximum absolute atomic E-state index is 6.31. The second kappa shape index (κ2) is 4.46. The number of ether oxygens (including phenoxy) is 1. The molecule has 0 aromatic carbocycles. The summed E-state index contributed by atoms with van der Waals surface area (Å²) < 4.78 is 7.74. The summed E-state index contributed by atoms with van der Waals surface area (Å²) in [5.74, 6) is 0.878. The molecule has 2 unspecified atom stereocenters. The van der Waals surface area contributed by atoms with E-state index in [0.29, 0.717) is 6.61 Å². The summed E-state index contributed by atoms with van der Waals surface area (Å²) in [6.07, 6.45) is 2.84. The number of nitrogens with zero attached hydrogens (tertiary/aromatic N) is 3. The Bertz CT molecular complexity index is 614. The summed E-state index contributed by atoms with van der Waals surface area (Å²) in [5, 5.41) is -0.146. The molecule has 0 aliphatic carbocycles. The summed E-state index contributed by atoms with van der Waals surface area (Å²) in [7, 11) is 0. The van der Waals surface area contributed by atoms with Crippen LogP contribution in [-0.4, -0.2) is 27.7 Å². The molecule has 2 aromatic heterocycles. The van der Waals surface area contributed by atoms with E-state index < -0.39 is 0 Å². The molecule has 2 aromatic rings. The smallest absolute Gasteiger partial charge is 0.160 e. The number of hydrogen-bond acceptors (Lipinski definition) is 3. The minimum atomic E-state index is -0.146. The van der Waals surface area contributed by atoms with Crippen LogP contribution in [0.25, 0.3) is 11.2 Å². The van der Waals surface area contributed by atoms with Gasteiger partial charge in [-0.1, -0.05) is 0 Å². The molecule has 1 aliphatic rings. The van der Waals surface area contributed by atoms with Crippen LogP contribution >= 0.6 is 11.6 Å². The maximum Gasteiger partial charge on any atom is 0.160 e. The molecule has 3 rings (SSSR count). The number of halogens is 1. The van der Waals surface area contributed by atoms with Gasteiger partial charge < -0.3 is 9.30 Å². The number of aryl methyl sites for hydroxylation is 1. The third-order valence-electron chi connectivity index (χ3n) is 3.75. The van der Waals surface area contributed by atoms with Gasteiger partial charge in [0.05, 0.1) is 17.5 Å². The quantitative estimate of drug-likeness (QED) is 0.793. The highest BCUT2D eigenvalue weighted by molar-refractivity contribution is 6.20. The van der Waals surface area contributed by atoms with Crippen molar-refractivity contribution in [1.29, 1.82) is 0 Å². The number of fused-ring (bicyclic) bond motifs is 1. The van der Waals surface area contributed by atoms with Crippen LogP contribution in [-0.2, 0) is 10.3 Å². The van der Waals surface area contributed by atoms with Crippen molar-refractivity contribution in [3.63, 3.8) is 0 Å². The van der Waals surface area contributed by atoms with E-state index in [2.05, 4.69) is 27.5 Å². The molecule has 4 nitrogen and oxygen atoms in total. The van der Waals surface area contributed by atoms with Gasteiger partial charge >= 0.3 is 0 Å². The molecule has 2 atom stereocenters. The molecule has 1 fully saturated rings. The summed E-state index contributed by atoms with van der Waals surface area (Å²) in [6, 6.07) is 2.06. The Morgan fingerprint density at radius 2 is 2.32 bits per heavy atom. The van der Waals surface area contributed by atoms with Crippen molar-refractivity contribution < 1.29 is 4.74 Å². The Morgan fingerprint density at radius 3 is 2.95 bits per heavy atom. The van der Waals surface area contributed by atoms with Crippen LogP contribution in [0.2, 0.25) is 0 Å². The van der Waals surface area contributed by atoms with Crippen LogP contribution in [0, 0.1) is 6.92 Å². The van der Waals surface area contributed by atoms with Gasteiger partial charge in [0.2, 0.25) is 0 Å². The first kappa shape index (κ1) is 12.9. The predicted molar refractivity (Wildman–Crippen MR) is 75.6 cm³/mol. The Balaban J connectivity index is 2.28. The fourth-order valence-corrected chi connectivity index (χ4v) is 2.86. The van der Waals surface area contributed by atoms with Crippen molar-refractivity contribution in [2.24, 2.45) is 0 Å². The highest BCUT2D eigenvalue weighted by Crippen LogP contribution is 2.35. The number of hydrogen-bond donors (Lipinski definition) is 0. The lowest BCUT2D eigenvalue weighted by molar-refractivity contribution is 0.161. The first-order chi connectivity index (χ1) is 9.01. The largest absolute Gasteiger partial charge is 0.379 e. The zero-order valence-electron chi connectivity index (χ0n) is 11.5. The summed E-state index contributed by atoms with van der Waals surface area (Å²) in [6.45, 7) is 7.62. The van der Waals surface area contributed by atoms with Gasteiger partial charge in [0.15, 0.2) is 5.65 Å². The molecule has 102 valence electrons. The van der Waals surface area contributed by atoms with E-state index in [1.54, 1.807) is 0 Å². The number of alkyl halides is 1. The molecular formula is C14H18ClN3O. The van der Waals surface area contributed by atoms with Gasteiger partial charge in [0.25, 0.3) is 0 Å². The van der Waals surface area contributed by atoms with Gasteiger partial charge in [-0.3, -0.25) is 0 Å². The van der Waals surface area contributed by atoms with E-state index in [0.717, 1.165) is 35.6 Å². The van der Waals surface area contributed by atoms with Gasteiger partial charge in [-0.2, -0.15) is 0 Å². The molecule has 0 spiro atoms. The predicted octanol–water partition coefficient (Wildman–Crippen LogP) is 3.18. The lowest BCUT2D eigenvalue weighted by atomic mass is 10.0. The van der Waals surface area contributed by atoms with E-state index >= 15 is 0 Å². The number of imidazole rings is 1. The number of rotatable bonds is 2. The topological polar surface area (TPSA) is 39.9 Å². The molecule has 1 saturated heterocycles. The van der Waals surface area contributed by atoms with E-state index in [1.165, 1.54) is 0 Å². The van der Waals surface area contributed by atoms with E-state index in [1.807, 2.05) is 20.0 Å². The molecule has 0 N–H and O–H groups in total. The van der Waals surface area contributed by atoms with Gasteiger partial charge in [-0.15, -0.1) is 11.6 Å². The Kier molecular flexibility index (Phi) is 3.02. The molecule has 19 heavy (non-hydrogen) atoms. The molecule has 1 aliphatic heterocycles. The Labute approximate surface area is 117 Å². The molecule has 3 heterocycles. The third-order valence-corrected chi connectivity index (χ3v) is 3.95. The van der Waals surface area contributed by atoms with Crippen LogP contribution in [0.3, 0.4) is 0 Å². The van der Waals surface area contributed by atoms with Crippen LogP contribution in [0.1, 0.15) is 37.0 Å². The normalized spacial score (nSPS) is 25.1. The molecule has 0 amide bonds. The Hall–Kier alpha value is -1.13. The molecule has 5 heteroatoms. The van der Waals surface area contributed by atoms with Gasteiger partial charge in [-0.25, -0.2) is 9.97 Å².